The molecule has 2 unspecified atom stereocenters. The summed E-state index contributed by atoms with van der Waals surface area (Å²) in [6, 6.07) is 4.33. The van der Waals surface area contributed by atoms with E-state index in [4.69, 9.17) is 25.1 Å². The van der Waals surface area contributed by atoms with Crippen LogP contribution in [0.15, 0.2) is 39.4 Å². The number of aryl methyl sites for hydroxylation is 1. The summed E-state index contributed by atoms with van der Waals surface area (Å²) >= 11 is 0. The summed E-state index contributed by atoms with van der Waals surface area (Å²) in [5.74, 6) is 0. The molecule has 1 rings (SSSR count). The van der Waals surface area contributed by atoms with Crippen LogP contribution in [0, 0.1) is 6.92 Å². The minimum Gasteiger partial charge on any atom is -0.350 e. The number of urea groups is 2. The van der Waals surface area contributed by atoms with E-state index in [9.17, 15) is 18.0 Å². The number of ether oxygens (including phenoxy) is 2. The minimum absolute atomic E-state index is 0.0258. The Hall–Kier alpha value is -3.07. The van der Waals surface area contributed by atoms with E-state index in [1.165, 1.54) is 18.3 Å². The van der Waals surface area contributed by atoms with Crippen molar-refractivity contribution < 1.29 is 31.7 Å². The lowest BCUT2D eigenvalue weighted by atomic mass is 10.2. The van der Waals surface area contributed by atoms with Crippen molar-refractivity contribution in [3.63, 3.8) is 0 Å². The molecule has 30 heavy (non-hydrogen) atoms. The van der Waals surface area contributed by atoms with E-state index in [0.717, 1.165) is 11.8 Å². The van der Waals surface area contributed by atoms with Gasteiger partial charge in [0.05, 0.1) is 30.0 Å². The number of nitrogens with two attached hydrogens (primary N) is 2. The Kier molecular flexibility index (Phi) is 10.4. The van der Waals surface area contributed by atoms with Crippen molar-refractivity contribution in [2.45, 2.75) is 31.0 Å². The molecule has 166 valence electrons. The number of benzene rings is 1. The Morgan fingerprint density at radius 2 is 1.63 bits per heavy atom. The number of hydrogen-bond donors (Lipinski definition) is 4. The largest absolute Gasteiger partial charge is 0.350 e. The fraction of sp³-hybridized carbons (Fsp3) is 0.375. The molecule has 0 saturated carbocycles. The van der Waals surface area contributed by atoms with Crippen LogP contribution in [0.3, 0.4) is 0 Å². The summed E-state index contributed by atoms with van der Waals surface area (Å²) < 4.78 is 40.2. The normalized spacial score (nSPS) is 13.9. The molecule has 0 fully saturated rings. The Morgan fingerprint density at radius 3 is 2.20 bits per heavy atom. The second kappa shape index (κ2) is 12.5. The van der Waals surface area contributed by atoms with Crippen LogP contribution in [0.5, 0.6) is 0 Å². The van der Waals surface area contributed by atoms with Gasteiger partial charge in [-0.15, -0.1) is 0 Å². The number of carbonyl (C=O) groups is 2. The highest BCUT2D eigenvalue weighted by atomic mass is 32.2. The van der Waals surface area contributed by atoms with Crippen LogP contribution in [0.25, 0.3) is 0 Å². The molecular formula is C16H24N6O7S. The molecule has 0 heterocycles. The van der Waals surface area contributed by atoms with E-state index < -0.39 is 41.0 Å². The van der Waals surface area contributed by atoms with Gasteiger partial charge in [0.15, 0.2) is 0 Å². The molecule has 0 aliphatic rings. The fourth-order valence-corrected chi connectivity index (χ4v) is 2.65. The molecule has 13 nitrogen and oxygen atoms in total. The summed E-state index contributed by atoms with van der Waals surface area (Å²) in [6.07, 6.45) is 0.761. The Bertz CT molecular complexity index is 857. The van der Waals surface area contributed by atoms with Crippen molar-refractivity contribution in [1.82, 2.24) is 10.9 Å². The topological polar surface area (TPSA) is 197 Å². The van der Waals surface area contributed by atoms with Crippen molar-refractivity contribution in [3.05, 3.63) is 29.8 Å². The second-order valence-corrected chi connectivity index (χ2v) is 7.37. The average molecular weight is 444 g/mol. The van der Waals surface area contributed by atoms with E-state index in [-0.39, 0.29) is 11.7 Å². The van der Waals surface area contributed by atoms with Crippen LogP contribution in [-0.2, 0) is 23.8 Å². The van der Waals surface area contributed by atoms with Gasteiger partial charge in [0, 0.05) is 0 Å². The zero-order chi connectivity index (χ0) is 22.6. The summed E-state index contributed by atoms with van der Waals surface area (Å²) in [5.41, 5.74) is 14.6. The third-order valence-corrected chi connectivity index (χ3v) is 4.48. The monoisotopic (exact) mass is 444 g/mol. The smallest absolute Gasteiger partial charge is 0.332 e. The average Bonchev–Trinajstić information content (AvgIpc) is 2.65. The van der Waals surface area contributed by atoms with Gasteiger partial charge in [-0.05, 0) is 26.0 Å². The van der Waals surface area contributed by atoms with Crippen molar-refractivity contribution >= 4 is 34.6 Å². The minimum atomic E-state index is -4.04. The Balaban J connectivity index is 2.65. The van der Waals surface area contributed by atoms with Crippen LogP contribution < -0.4 is 22.3 Å². The molecule has 0 aromatic heterocycles. The van der Waals surface area contributed by atoms with E-state index in [0.29, 0.717) is 0 Å². The first-order valence-electron chi connectivity index (χ1n) is 8.46. The van der Waals surface area contributed by atoms with E-state index >= 15 is 0 Å². The molecule has 4 amide bonds. The molecule has 0 spiro atoms. The van der Waals surface area contributed by atoms with Crippen molar-refractivity contribution in [2.75, 3.05) is 13.4 Å². The molecule has 0 radical (unpaired) electrons. The number of nitrogens with zero attached hydrogens (tertiary/aromatic N) is 2. The van der Waals surface area contributed by atoms with Crippen LogP contribution in [0.2, 0.25) is 0 Å². The van der Waals surface area contributed by atoms with E-state index in [1.54, 1.807) is 19.1 Å². The molecule has 0 bridgehead atoms. The van der Waals surface area contributed by atoms with Gasteiger partial charge in [-0.1, -0.05) is 17.7 Å². The number of primary amides is 2. The SMILES string of the molecule is Cc1ccc(S(=O)(=O)OCC(C=NNC(N)=O)OCOC(C)C=NNC(N)=O)cc1. The predicted octanol–water partition coefficient (Wildman–Crippen LogP) is -0.244. The van der Waals surface area contributed by atoms with Gasteiger partial charge in [0.1, 0.15) is 12.9 Å². The number of nitrogens with one attached hydrogen (secondary N) is 2. The van der Waals surface area contributed by atoms with Crippen LogP contribution in [-0.4, -0.2) is 58.5 Å². The van der Waals surface area contributed by atoms with E-state index in [2.05, 4.69) is 10.2 Å². The first kappa shape index (κ1) is 25.0. The van der Waals surface area contributed by atoms with Gasteiger partial charge < -0.3 is 20.9 Å². The molecule has 14 heteroatoms. The zero-order valence-corrected chi connectivity index (χ0v) is 17.2. The lowest BCUT2D eigenvalue weighted by Crippen LogP contribution is -2.29. The number of hydrogen-bond acceptors (Lipinski definition) is 9. The first-order valence-corrected chi connectivity index (χ1v) is 9.87. The molecule has 1 aromatic rings. The molecule has 2 atom stereocenters. The maximum absolute atomic E-state index is 12.3. The molecule has 0 aliphatic heterocycles. The van der Waals surface area contributed by atoms with Crippen molar-refractivity contribution in [1.29, 1.82) is 0 Å². The summed E-state index contributed by atoms with van der Waals surface area (Å²) in [6.45, 7) is 2.66. The number of amides is 4. The Morgan fingerprint density at radius 1 is 1.07 bits per heavy atom. The zero-order valence-electron chi connectivity index (χ0n) is 16.3. The fourth-order valence-electron chi connectivity index (χ4n) is 1.73. The lowest BCUT2D eigenvalue weighted by Gasteiger charge is -2.15. The van der Waals surface area contributed by atoms with Gasteiger partial charge in [0.25, 0.3) is 10.1 Å². The maximum atomic E-state index is 12.3. The Labute approximate surface area is 173 Å². The molecule has 1 aromatic carbocycles. The molecule has 6 N–H and O–H groups in total. The van der Waals surface area contributed by atoms with Gasteiger partial charge in [-0.25, -0.2) is 20.4 Å². The third kappa shape index (κ3) is 10.5. The second-order valence-electron chi connectivity index (χ2n) is 5.75. The summed E-state index contributed by atoms with van der Waals surface area (Å²) in [7, 11) is -4.04. The van der Waals surface area contributed by atoms with Crippen LogP contribution >= 0.6 is 0 Å². The number of carbonyl (C=O) groups excluding carboxylic acids is 2. The van der Waals surface area contributed by atoms with Crippen LogP contribution in [0.4, 0.5) is 9.59 Å². The quantitative estimate of drug-likeness (QED) is 0.147. The van der Waals surface area contributed by atoms with Crippen LogP contribution in [0.1, 0.15) is 12.5 Å². The predicted molar refractivity (Wildman–Crippen MR) is 107 cm³/mol. The third-order valence-electron chi connectivity index (χ3n) is 3.18. The van der Waals surface area contributed by atoms with Gasteiger partial charge in [-0.2, -0.15) is 18.6 Å². The summed E-state index contributed by atoms with van der Waals surface area (Å²) in [5, 5.41) is 7.05. The highest BCUT2D eigenvalue weighted by molar-refractivity contribution is 7.86. The first-order chi connectivity index (χ1) is 14.1. The molecule has 0 saturated heterocycles. The molecular weight excluding hydrogens is 420 g/mol. The van der Waals surface area contributed by atoms with Crippen molar-refractivity contribution in [3.8, 4) is 0 Å². The molecule has 0 aliphatic carbocycles. The highest BCUT2D eigenvalue weighted by Gasteiger charge is 2.18. The number of rotatable bonds is 12. The standard InChI is InChI=1S/C16H24N6O7S/c1-11-3-5-14(6-4-11)30(25,26)29-9-13(8-20-22-16(18)24)28-10-27-12(2)7-19-21-15(17)23/h3-8,12-13H,9-10H2,1-2H3,(H3,17,21,23)(H3,18,22,24). The van der Waals surface area contributed by atoms with Crippen molar-refractivity contribution in [2.24, 2.45) is 21.7 Å². The van der Waals surface area contributed by atoms with Gasteiger partial charge in [0.2, 0.25) is 0 Å². The van der Waals surface area contributed by atoms with Gasteiger partial charge in [-0.3, -0.25) is 4.18 Å². The highest BCUT2D eigenvalue weighted by Crippen LogP contribution is 2.13. The summed E-state index contributed by atoms with van der Waals surface area (Å²) in [4.78, 5) is 21.2. The maximum Gasteiger partial charge on any atom is 0.332 e. The lowest BCUT2D eigenvalue weighted by molar-refractivity contribution is -0.0855. The van der Waals surface area contributed by atoms with Gasteiger partial charge >= 0.3 is 12.1 Å². The number of hydrazone groups is 2. The van der Waals surface area contributed by atoms with E-state index in [1.807, 2.05) is 17.8 Å².